The second-order valence-corrected chi connectivity index (χ2v) is 7.52. The van der Waals surface area contributed by atoms with Crippen molar-refractivity contribution in [2.45, 2.75) is 31.4 Å². The van der Waals surface area contributed by atoms with Crippen LogP contribution in [-0.2, 0) is 0 Å². The number of likely N-dealkylation sites (tertiary alicyclic amines) is 1. The molecule has 0 aromatic heterocycles. The zero-order valence-corrected chi connectivity index (χ0v) is 13.6. The Hall–Kier alpha value is -0.710. The van der Waals surface area contributed by atoms with Gasteiger partial charge in [-0.3, -0.25) is 4.90 Å². The van der Waals surface area contributed by atoms with Crippen LogP contribution >= 0.6 is 11.8 Å². The molecule has 2 fully saturated rings. The maximum absolute atomic E-state index is 6.10. The second kappa shape index (κ2) is 7.03. The number of nitrogens with zero attached hydrogens (tertiary/aromatic N) is 1. The van der Waals surface area contributed by atoms with E-state index in [1.807, 2.05) is 11.8 Å². The Bertz CT molecular complexity index is 445. The number of hydrogen-bond acceptors (Lipinski definition) is 4. The summed E-state index contributed by atoms with van der Waals surface area (Å²) < 4.78 is 6.10. The predicted molar refractivity (Wildman–Crippen MR) is 89.9 cm³/mol. The molecule has 2 aliphatic rings. The summed E-state index contributed by atoms with van der Waals surface area (Å²) in [6.45, 7) is 1.90. The highest BCUT2D eigenvalue weighted by Crippen LogP contribution is 2.34. The van der Waals surface area contributed by atoms with Gasteiger partial charge in [0.1, 0.15) is 11.9 Å². The monoisotopic (exact) mass is 306 g/mol. The molecule has 2 atom stereocenters. The maximum atomic E-state index is 6.10. The van der Waals surface area contributed by atoms with Crippen molar-refractivity contribution in [1.29, 1.82) is 0 Å². The summed E-state index contributed by atoms with van der Waals surface area (Å²) in [5.74, 6) is 4.12. The second-order valence-electron chi connectivity index (χ2n) is 6.29. The molecule has 0 spiro atoms. The number of hydrogen-bond donors (Lipinski definition) is 1. The van der Waals surface area contributed by atoms with Gasteiger partial charge in [0.2, 0.25) is 0 Å². The largest absolute Gasteiger partial charge is 0.490 e. The fourth-order valence-corrected chi connectivity index (χ4v) is 4.48. The molecule has 2 saturated heterocycles. The summed E-state index contributed by atoms with van der Waals surface area (Å²) in [6.07, 6.45) is 3.94. The van der Waals surface area contributed by atoms with Gasteiger partial charge in [0.25, 0.3) is 0 Å². The molecule has 0 amide bonds. The average molecular weight is 306 g/mol. The minimum absolute atomic E-state index is 0.410. The molecule has 0 aliphatic carbocycles. The number of benzene rings is 1. The van der Waals surface area contributed by atoms with E-state index < -0.39 is 0 Å². The summed E-state index contributed by atoms with van der Waals surface area (Å²) in [7, 11) is 2.20. The highest BCUT2D eigenvalue weighted by molar-refractivity contribution is 7.99. The Balaban J connectivity index is 1.61. The molecule has 3 rings (SSSR count). The molecule has 4 heteroatoms. The van der Waals surface area contributed by atoms with Crippen LogP contribution in [0.4, 0.5) is 0 Å². The Morgan fingerprint density at radius 3 is 2.57 bits per heavy atom. The maximum Gasteiger partial charge on any atom is 0.119 e. The van der Waals surface area contributed by atoms with Gasteiger partial charge in [0.15, 0.2) is 0 Å². The average Bonchev–Trinajstić information content (AvgIpc) is 2.90. The van der Waals surface area contributed by atoms with Crippen molar-refractivity contribution in [3.05, 3.63) is 29.8 Å². The van der Waals surface area contributed by atoms with Crippen LogP contribution in [0.25, 0.3) is 0 Å². The van der Waals surface area contributed by atoms with Crippen molar-refractivity contribution in [2.75, 3.05) is 31.6 Å². The number of ether oxygens (including phenoxy) is 1. The van der Waals surface area contributed by atoms with E-state index in [4.69, 9.17) is 10.5 Å². The zero-order chi connectivity index (χ0) is 14.7. The fourth-order valence-electron chi connectivity index (χ4n) is 3.42. The lowest BCUT2D eigenvalue weighted by atomic mass is 10.00. The van der Waals surface area contributed by atoms with Gasteiger partial charge in [-0.1, -0.05) is 12.1 Å². The first kappa shape index (κ1) is 15.2. The molecule has 3 nitrogen and oxygen atoms in total. The van der Waals surface area contributed by atoms with Crippen LogP contribution in [0.15, 0.2) is 24.3 Å². The number of nitrogens with two attached hydrogens (primary N) is 1. The minimum atomic E-state index is 0.410. The molecule has 0 bridgehead atoms. The van der Waals surface area contributed by atoms with E-state index in [2.05, 4.69) is 36.2 Å². The number of rotatable bonds is 4. The van der Waals surface area contributed by atoms with Gasteiger partial charge in [-0.2, -0.15) is 11.8 Å². The quantitative estimate of drug-likeness (QED) is 0.928. The van der Waals surface area contributed by atoms with Crippen LogP contribution < -0.4 is 10.5 Å². The Kier molecular flexibility index (Phi) is 5.09. The van der Waals surface area contributed by atoms with E-state index in [0.717, 1.165) is 18.8 Å². The normalized spacial score (nSPS) is 27.9. The van der Waals surface area contributed by atoms with Crippen LogP contribution in [0.1, 0.15) is 30.9 Å². The molecule has 0 saturated carbocycles. The summed E-state index contributed by atoms with van der Waals surface area (Å²) in [5, 5.41) is 0. The van der Waals surface area contributed by atoms with E-state index in [0.29, 0.717) is 18.1 Å². The first-order valence-corrected chi connectivity index (χ1v) is 9.16. The van der Waals surface area contributed by atoms with Crippen molar-refractivity contribution in [1.82, 2.24) is 4.90 Å². The van der Waals surface area contributed by atoms with Gasteiger partial charge in [-0.25, -0.2) is 0 Å². The summed E-state index contributed by atoms with van der Waals surface area (Å²) >= 11 is 2.04. The third-order valence-electron chi connectivity index (χ3n) is 4.70. The molecule has 2 unspecified atom stereocenters. The standard InChI is InChI=1S/C17H26N2OS/c1-19-12-13(11-18)10-17(19)14-2-4-15(5-3-14)20-16-6-8-21-9-7-16/h2-5,13,16-17H,6-12,18H2,1H3. The van der Waals surface area contributed by atoms with Crippen molar-refractivity contribution >= 4 is 11.8 Å². The van der Waals surface area contributed by atoms with Crippen molar-refractivity contribution in [2.24, 2.45) is 11.7 Å². The molecule has 2 heterocycles. The van der Waals surface area contributed by atoms with Gasteiger partial charge >= 0.3 is 0 Å². The molecule has 21 heavy (non-hydrogen) atoms. The lowest BCUT2D eigenvalue weighted by Crippen LogP contribution is -2.22. The summed E-state index contributed by atoms with van der Waals surface area (Å²) in [5.41, 5.74) is 7.21. The van der Waals surface area contributed by atoms with Gasteiger partial charge in [-0.05, 0) is 68.0 Å². The Labute approximate surface area is 132 Å². The summed E-state index contributed by atoms with van der Waals surface area (Å²) in [6, 6.07) is 9.25. The van der Waals surface area contributed by atoms with Crippen LogP contribution in [-0.4, -0.2) is 42.6 Å². The van der Waals surface area contributed by atoms with E-state index in [1.54, 1.807) is 0 Å². The van der Waals surface area contributed by atoms with Gasteiger partial charge in [-0.15, -0.1) is 0 Å². The summed E-state index contributed by atoms with van der Waals surface area (Å²) in [4.78, 5) is 2.42. The van der Waals surface area contributed by atoms with E-state index in [-0.39, 0.29) is 0 Å². The highest BCUT2D eigenvalue weighted by Gasteiger charge is 2.29. The lowest BCUT2D eigenvalue weighted by molar-refractivity contribution is 0.192. The van der Waals surface area contributed by atoms with E-state index in [1.165, 1.54) is 36.3 Å². The Morgan fingerprint density at radius 1 is 1.24 bits per heavy atom. The predicted octanol–water partition coefficient (Wildman–Crippen LogP) is 2.91. The van der Waals surface area contributed by atoms with Crippen LogP contribution in [0, 0.1) is 5.92 Å². The third-order valence-corrected chi connectivity index (χ3v) is 5.75. The van der Waals surface area contributed by atoms with Gasteiger partial charge < -0.3 is 10.5 Å². The molecule has 0 radical (unpaired) electrons. The molecule has 1 aromatic rings. The van der Waals surface area contributed by atoms with Crippen molar-refractivity contribution < 1.29 is 4.74 Å². The molecule has 2 aliphatic heterocycles. The molecule has 116 valence electrons. The third kappa shape index (κ3) is 3.74. The molecule has 1 aromatic carbocycles. The molecular weight excluding hydrogens is 280 g/mol. The van der Waals surface area contributed by atoms with Crippen LogP contribution in [0.2, 0.25) is 0 Å². The van der Waals surface area contributed by atoms with E-state index in [9.17, 15) is 0 Å². The molecular formula is C17H26N2OS. The van der Waals surface area contributed by atoms with E-state index >= 15 is 0 Å². The van der Waals surface area contributed by atoms with Crippen molar-refractivity contribution in [3.63, 3.8) is 0 Å². The topological polar surface area (TPSA) is 38.5 Å². The van der Waals surface area contributed by atoms with Crippen LogP contribution in [0.5, 0.6) is 5.75 Å². The number of thioether (sulfide) groups is 1. The minimum Gasteiger partial charge on any atom is -0.490 e. The fraction of sp³-hybridized carbons (Fsp3) is 0.647. The molecule has 2 N–H and O–H groups in total. The van der Waals surface area contributed by atoms with Gasteiger partial charge in [0.05, 0.1) is 0 Å². The lowest BCUT2D eigenvalue weighted by Gasteiger charge is -2.23. The first-order valence-electron chi connectivity index (χ1n) is 8.01. The Morgan fingerprint density at radius 2 is 1.95 bits per heavy atom. The smallest absolute Gasteiger partial charge is 0.119 e. The van der Waals surface area contributed by atoms with Crippen molar-refractivity contribution in [3.8, 4) is 5.75 Å². The van der Waals surface area contributed by atoms with Crippen LogP contribution in [0.3, 0.4) is 0 Å². The first-order chi connectivity index (χ1) is 10.3. The zero-order valence-electron chi connectivity index (χ0n) is 12.8. The SMILES string of the molecule is CN1CC(CN)CC1c1ccc(OC2CCSCC2)cc1. The highest BCUT2D eigenvalue weighted by atomic mass is 32.2. The van der Waals surface area contributed by atoms with Gasteiger partial charge in [0, 0.05) is 12.6 Å².